The van der Waals surface area contributed by atoms with Crippen LogP contribution in [0.2, 0.25) is 0 Å². The molecule has 0 aliphatic heterocycles. The van der Waals surface area contributed by atoms with Gasteiger partial charge in [0.1, 0.15) is 5.75 Å². The molecule has 0 aliphatic rings. The lowest BCUT2D eigenvalue weighted by molar-refractivity contribution is 0.414. The van der Waals surface area contributed by atoms with Crippen LogP contribution in [0.4, 0.5) is 0 Å². The minimum Gasteiger partial charge on any atom is -0.497 e. The monoisotopic (exact) mass is 294 g/mol. The molecule has 5 nitrogen and oxygen atoms in total. The van der Waals surface area contributed by atoms with Crippen LogP contribution in [0.3, 0.4) is 0 Å². The lowest BCUT2D eigenvalue weighted by atomic mass is 10.2. The third-order valence-electron chi connectivity index (χ3n) is 3.08. The number of nitrogens with one attached hydrogen (secondary N) is 2. The van der Waals surface area contributed by atoms with Crippen molar-refractivity contribution in [1.82, 2.24) is 9.71 Å². The molecule has 0 unspecified atom stereocenters. The molecule has 0 bridgehead atoms. The summed E-state index contributed by atoms with van der Waals surface area (Å²) in [5.41, 5.74) is 2.93. The molecule has 20 heavy (non-hydrogen) atoms. The van der Waals surface area contributed by atoms with Crippen molar-refractivity contribution < 1.29 is 13.2 Å². The van der Waals surface area contributed by atoms with Crippen molar-refractivity contribution in [3.8, 4) is 5.75 Å². The fraction of sp³-hybridized carbons (Fsp3) is 0.286. The van der Waals surface area contributed by atoms with E-state index in [1.165, 1.54) is 12.1 Å². The summed E-state index contributed by atoms with van der Waals surface area (Å²) >= 11 is 0. The maximum atomic E-state index is 12.2. The highest BCUT2D eigenvalue weighted by molar-refractivity contribution is 7.89. The van der Waals surface area contributed by atoms with Crippen molar-refractivity contribution in [2.75, 3.05) is 7.11 Å². The van der Waals surface area contributed by atoms with Gasteiger partial charge in [0.25, 0.3) is 0 Å². The number of hydrogen-bond donors (Lipinski definition) is 2. The fourth-order valence-corrected chi connectivity index (χ4v) is 2.98. The van der Waals surface area contributed by atoms with Crippen molar-refractivity contribution in [3.05, 3.63) is 47.3 Å². The Bertz CT molecular complexity index is 688. The third-order valence-corrected chi connectivity index (χ3v) is 4.50. The normalized spacial score (nSPS) is 11.6. The molecule has 0 radical (unpaired) electrons. The van der Waals surface area contributed by atoms with Gasteiger partial charge in [-0.2, -0.15) is 0 Å². The Morgan fingerprint density at radius 1 is 1.20 bits per heavy atom. The van der Waals surface area contributed by atoms with Gasteiger partial charge in [0.15, 0.2) is 0 Å². The molecule has 2 rings (SSSR count). The van der Waals surface area contributed by atoms with Crippen molar-refractivity contribution in [1.29, 1.82) is 0 Å². The van der Waals surface area contributed by atoms with E-state index < -0.39 is 10.0 Å². The quantitative estimate of drug-likeness (QED) is 0.887. The summed E-state index contributed by atoms with van der Waals surface area (Å²) in [6.07, 6.45) is 0. The Morgan fingerprint density at radius 3 is 2.35 bits per heavy atom. The first-order valence-electron chi connectivity index (χ1n) is 6.21. The maximum absolute atomic E-state index is 12.2. The molecule has 0 saturated heterocycles. The molecule has 1 aromatic heterocycles. The minimum absolute atomic E-state index is 0.225. The van der Waals surface area contributed by atoms with Crippen LogP contribution in [0.25, 0.3) is 0 Å². The van der Waals surface area contributed by atoms with Gasteiger partial charge in [-0.1, -0.05) is 0 Å². The Kier molecular flexibility index (Phi) is 4.15. The first-order valence-corrected chi connectivity index (χ1v) is 7.69. The third kappa shape index (κ3) is 3.20. The molecule has 0 amide bonds. The van der Waals surface area contributed by atoms with E-state index in [9.17, 15) is 8.42 Å². The number of methoxy groups -OCH3 is 1. The lowest BCUT2D eigenvalue weighted by Gasteiger charge is -2.07. The Balaban J connectivity index is 2.12. The molecule has 0 fully saturated rings. The van der Waals surface area contributed by atoms with E-state index in [2.05, 4.69) is 9.71 Å². The summed E-state index contributed by atoms with van der Waals surface area (Å²) in [4.78, 5) is 3.37. The van der Waals surface area contributed by atoms with Crippen LogP contribution in [0.1, 0.15) is 17.0 Å². The van der Waals surface area contributed by atoms with Crippen LogP contribution in [0.15, 0.2) is 35.2 Å². The van der Waals surface area contributed by atoms with Crippen LogP contribution < -0.4 is 9.46 Å². The highest BCUT2D eigenvalue weighted by Crippen LogP contribution is 2.16. The van der Waals surface area contributed by atoms with E-state index in [0.717, 1.165) is 17.0 Å². The van der Waals surface area contributed by atoms with Gasteiger partial charge in [-0.15, -0.1) is 0 Å². The predicted octanol–water partition coefficient (Wildman–Crippen LogP) is 2.12. The van der Waals surface area contributed by atoms with Crippen molar-refractivity contribution >= 4 is 10.0 Å². The minimum atomic E-state index is -3.51. The number of benzene rings is 1. The van der Waals surface area contributed by atoms with Crippen molar-refractivity contribution in [3.63, 3.8) is 0 Å². The van der Waals surface area contributed by atoms with Gasteiger partial charge in [-0.05, 0) is 49.7 Å². The summed E-state index contributed by atoms with van der Waals surface area (Å²) in [5, 5.41) is 0. The highest BCUT2D eigenvalue weighted by atomic mass is 32.2. The number of aromatic nitrogens is 1. The molecular weight excluding hydrogens is 276 g/mol. The standard InChI is InChI=1S/C14H18N2O3S/c1-10-8-12(11(2)16-10)9-15-20(17,18)14-6-4-13(19-3)5-7-14/h4-8,15-16H,9H2,1-3H3. The lowest BCUT2D eigenvalue weighted by Crippen LogP contribution is -2.23. The molecule has 1 heterocycles. The Hall–Kier alpha value is -1.79. The van der Waals surface area contributed by atoms with Gasteiger partial charge in [0, 0.05) is 17.9 Å². The zero-order valence-corrected chi connectivity index (χ0v) is 12.5. The fourth-order valence-electron chi connectivity index (χ4n) is 1.98. The van der Waals surface area contributed by atoms with Gasteiger partial charge < -0.3 is 9.72 Å². The molecule has 2 aromatic rings. The van der Waals surface area contributed by atoms with Crippen LogP contribution >= 0.6 is 0 Å². The van der Waals surface area contributed by atoms with Gasteiger partial charge in [0.05, 0.1) is 12.0 Å². The summed E-state index contributed by atoms with van der Waals surface area (Å²) in [5.74, 6) is 0.626. The molecule has 1 aromatic carbocycles. The smallest absolute Gasteiger partial charge is 0.240 e. The van der Waals surface area contributed by atoms with Crippen LogP contribution in [-0.4, -0.2) is 20.5 Å². The van der Waals surface area contributed by atoms with Crippen LogP contribution in [-0.2, 0) is 16.6 Å². The van der Waals surface area contributed by atoms with Crippen molar-refractivity contribution in [2.24, 2.45) is 0 Å². The molecule has 2 N–H and O–H groups in total. The molecule has 0 atom stereocenters. The molecule has 0 aliphatic carbocycles. The number of H-pyrrole nitrogens is 1. The first kappa shape index (κ1) is 14.6. The maximum Gasteiger partial charge on any atom is 0.240 e. The predicted molar refractivity (Wildman–Crippen MR) is 77.3 cm³/mol. The zero-order chi connectivity index (χ0) is 14.8. The van der Waals surface area contributed by atoms with Gasteiger partial charge >= 0.3 is 0 Å². The summed E-state index contributed by atoms with van der Waals surface area (Å²) < 4.78 is 31.9. The number of hydrogen-bond acceptors (Lipinski definition) is 3. The van der Waals surface area contributed by atoms with E-state index in [1.807, 2.05) is 19.9 Å². The molecule has 6 heteroatoms. The molecule has 0 saturated carbocycles. The van der Waals surface area contributed by atoms with Gasteiger partial charge in [-0.25, -0.2) is 13.1 Å². The van der Waals surface area contributed by atoms with Gasteiger partial charge in [-0.3, -0.25) is 0 Å². The number of aryl methyl sites for hydroxylation is 2. The second-order valence-corrected chi connectivity index (χ2v) is 6.37. The van der Waals surface area contributed by atoms with E-state index in [-0.39, 0.29) is 11.4 Å². The Labute approximate surface area is 119 Å². The average molecular weight is 294 g/mol. The van der Waals surface area contributed by atoms with E-state index >= 15 is 0 Å². The topological polar surface area (TPSA) is 71.2 Å². The van der Waals surface area contributed by atoms with Crippen LogP contribution in [0.5, 0.6) is 5.75 Å². The molecule has 108 valence electrons. The number of aromatic amines is 1. The second-order valence-electron chi connectivity index (χ2n) is 4.60. The van der Waals surface area contributed by atoms with Crippen LogP contribution in [0, 0.1) is 13.8 Å². The summed E-state index contributed by atoms with van der Waals surface area (Å²) in [7, 11) is -1.97. The van der Waals surface area contributed by atoms with Crippen molar-refractivity contribution in [2.45, 2.75) is 25.3 Å². The van der Waals surface area contributed by atoms with E-state index in [1.54, 1.807) is 19.2 Å². The van der Waals surface area contributed by atoms with Gasteiger partial charge in [0.2, 0.25) is 10.0 Å². The first-order chi connectivity index (χ1) is 9.42. The van der Waals surface area contributed by atoms with E-state index in [4.69, 9.17) is 4.74 Å². The summed E-state index contributed by atoms with van der Waals surface area (Å²) in [6.45, 7) is 4.13. The SMILES string of the molecule is COc1ccc(S(=O)(=O)NCc2cc(C)[nH]c2C)cc1. The number of sulfonamides is 1. The average Bonchev–Trinajstić information content (AvgIpc) is 2.75. The number of ether oxygens (including phenoxy) is 1. The molecule has 0 spiro atoms. The largest absolute Gasteiger partial charge is 0.497 e. The zero-order valence-electron chi connectivity index (χ0n) is 11.7. The second kappa shape index (κ2) is 5.68. The Morgan fingerprint density at radius 2 is 1.85 bits per heavy atom. The summed E-state index contributed by atoms with van der Waals surface area (Å²) in [6, 6.07) is 8.24. The molecular formula is C14H18N2O3S. The highest BCUT2D eigenvalue weighted by Gasteiger charge is 2.14. The van der Waals surface area contributed by atoms with E-state index in [0.29, 0.717) is 5.75 Å². The number of rotatable bonds is 5.